The average molecular weight is 343 g/mol. The zero-order chi connectivity index (χ0) is 17.2. The van der Waals surface area contributed by atoms with Gasteiger partial charge in [-0.1, -0.05) is 17.7 Å². The Labute approximate surface area is 139 Å². The van der Waals surface area contributed by atoms with E-state index < -0.39 is 17.3 Å². The van der Waals surface area contributed by atoms with Gasteiger partial charge in [-0.25, -0.2) is 4.39 Å². The third-order valence-corrected chi connectivity index (χ3v) is 4.47. The molecule has 5 nitrogen and oxygen atoms in total. The number of β-amino-alcohol motifs (C(OH)–C–C–N with tert-alkyl or cyclic N) is 1. The van der Waals surface area contributed by atoms with Crippen LogP contribution in [0.3, 0.4) is 0 Å². The number of hydrogen-bond acceptors (Lipinski definition) is 3. The van der Waals surface area contributed by atoms with Gasteiger partial charge in [0.15, 0.2) is 5.60 Å². The molecule has 0 unspecified atom stereocenters. The number of carbonyl (C=O) groups excluding carboxylic acids is 2. The maximum Gasteiger partial charge on any atom is 0.256 e. The molecule has 1 N–H and O–H groups in total. The van der Waals surface area contributed by atoms with Crippen molar-refractivity contribution in [3.05, 3.63) is 34.6 Å². The van der Waals surface area contributed by atoms with Crippen molar-refractivity contribution >= 4 is 23.4 Å². The summed E-state index contributed by atoms with van der Waals surface area (Å²) < 4.78 is 13.8. The topological polar surface area (TPSA) is 60.9 Å². The van der Waals surface area contributed by atoms with Gasteiger partial charge in [-0.3, -0.25) is 9.59 Å². The van der Waals surface area contributed by atoms with Crippen molar-refractivity contribution in [2.75, 3.05) is 20.1 Å². The standard InChI is InChI=1S/C16H20ClFN2O3/c1-11(21)20-8-4-7-16(23,10-20)15(22)19(2)9-12-13(17)5-3-6-14(12)18/h3,5-6,23H,4,7-10H2,1-2H3/t16-/m0/s1. The molecular weight excluding hydrogens is 323 g/mol. The van der Waals surface area contributed by atoms with Crippen molar-refractivity contribution in [3.8, 4) is 0 Å². The molecule has 1 atom stereocenters. The van der Waals surface area contributed by atoms with E-state index in [1.165, 1.54) is 35.9 Å². The molecule has 2 amide bonds. The van der Waals surface area contributed by atoms with Crippen LogP contribution in [-0.4, -0.2) is 52.5 Å². The first kappa shape index (κ1) is 17.7. The number of aliphatic hydroxyl groups is 1. The van der Waals surface area contributed by atoms with E-state index >= 15 is 0 Å². The highest BCUT2D eigenvalue weighted by atomic mass is 35.5. The van der Waals surface area contributed by atoms with Gasteiger partial charge in [-0.2, -0.15) is 0 Å². The van der Waals surface area contributed by atoms with Gasteiger partial charge in [0.1, 0.15) is 5.82 Å². The molecule has 1 fully saturated rings. The highest BCUT2D eigenvalue weighted by molar-refractivity contribution is 6.31. The van der Waals surface area contributed by atoms with Crippen molar-refractivity contribution in [2.45, 2.75) is 31.9 Å². The Balaban J connectivity index is 2.14. The molecule has 1 aromatic carbocycles. The fourth-order valence-corrected chi connectivity index (χ4v) is 3.05. The maximum absolute atomic E-state index is 13.8. The lowest BCUT2D eigenvalue weighted by Crippen LogP contribution is -2.58. The average Bonchev–Trinajstić information content (AvgIpc) is 2.50. The molecule has 0 aliphatic carbocycles. The van der Waals surface area contributed by atoms with E-state index in [-0.39, 0.29) is 36.0 Å². The second kappa shape index (κ2) is 6.84. The van der Waals surface area contributed by atoms with Crippen molar-refractivity contribution in [1.29, 1.82) is 0 Å². The molecule has 0 bridgehead atoms. The van der Waals surface area contributed by atoms with Crippen LogP contribution in [0.15, 0.2) is 18.2 Å². The lowest BCUT2D eigenvalue weighted by Gasteiger charge is -2.39. The summed E-state index contributed by atoms with van der Waals surface area (Å²) >= 11 is 5.97. The Hall–Kier alpha value is -1.66. The van der Waals surface area contributed by atoms with Gasteiger partial charge >= 0.3 is 0 Å². The first-order valence-corrected chi connectivity index (χ1v) is 7.79. The van der Waals surface area contributed by atoms with Crippen LogP contribution in [0.5, 0.6) is 0 Å². The summed E-state index contributed by atoms with van der Waals surface area (Å²) in [6.07, 6.45) is 0.807. The number of rotatable bonds is 3. The number of hydrogen-bond donors (Lipinski definition) is 1. The predicted molar refractivity (Wildman–Crippen MR) is 84.3 cm³/mol. The van der Waals surface area contributed by atoms with Crippen molar-refractivity contribution in [3.63, 3.8) is 0 Å². The minimum atomic E-state index is -1.64. The molecule has 1 aromatic rings. The number of benzene rings is 1. The van der Waals surface area contributed by atoms with E-state index in [4.69, 9.17) is 11.6 Å². The summed E-state index contributed by atoms with van der Waals surface area (Å²) in [4.78, 5) is 26.8. The van der Waals surface area contributed by atoms with Gasteiger partial charge in [-0.15, -0.1) is 0 Å². The zero-order valence-electron chi connectivity index (χ0n) is 13.2. The van der Waals surface area contributed by atoms with Crippen molar-refractivity contribution in [2.24, 2.45) is 0 Å². The van der Waals surface area contributed by atoms with Crippen LogP contribution in [-0.2, 0) is 16.1 Å². The van der Waals surface area contributed by atoms with Crippen molar-refractivity contribution < 1.29 is 19.1 Å². The molecule has 1 aliphatic heterocycles. The fourth-order valence-electron chi connectivity index (χ4n) is 2.83. The third kappa shape index (κ3) is 3.82. The van der Waals surface area contributed by atoms with Crippen LogP contribution in [0.2, 0.25) is 5.02 Å². The Kier molecular flexibility index (Phi) is 5.26. The van der Waals surface area contributed by atoms with Crippen LogP contribution in [0.1, 0.15) is 25.3 Å². The zero-order valence-corrected chi connectivity index (χ0v) is 13.9. The van der Waals surface area contributed by atoms with Crippen LogP contribution in [0, 0.1) is 5.82 Å². The summed E-state index contributed by atoms with van der Waals surface area (Å²) in [7, 11) is 1.48. The van der Waals surface area contributed by atoms with Crippen LogP contribution in [0.4, 0.5) is 4.39 Å². The Bertz CT molecular complexity index is 605. The van der Waals surface area contributed by atoms with E-state index in [2.05, 4.69) is 0 Å². The second-order valence-electron chi connectivity index (χ2n) is 5.94. The largest absolute Gasteiger partial charge is 0.378 e. The number of piperidine rings is 1. The lowest BCUT2D eigenvalue weighted by molar-refractivity contribution is -0.159. The maximum atomic E-state index is 13.8. The summed E-state index contributed by atoms with van der Waals surface area (Å²) in [5.74, 6) is -1.23. The molecule has 0 aromatic heterocycles. The van der Waals surface area contributed by atoms with E-state index in [1.54, 1.807) is 6.07 Å². The second-order valence-corrected chi connectivity index (χ2v) is 6.34. The number of halogens is 2. The van der Waals surface area contributed by atoms with E-state index in [9.17, 15) is 19.1 Å². The Morgan fingerprint density at radius 3 is 2.78 bits per heavy atom. The fraction of sp³-hybridized carbons (Fsp3) is 0.500. The monoisotopic (exact) mass is 342 g/mol. The van der Waals surface area contributed by atoms with Gasteiger partial charge in [0, 0.05) is 37.6 Å². The molecule has 0 spiro atoms. The normalized spacial score (nSPS) is 21.2. The SMILES string of the molecule is CC(=O)N1CCC[C@@](O)(C(=O)N(C)Cc2c(F)cccc2Cl)C1. The molecular formula is C16H20ClFN2O3. The summed E-state index contributed by atoms with van der Waals surface area (Å²) in [5.41, 5.74) is -1.44. The summed E-state index contributed by atoms with van der Waals surface area (Å²) in [5, 5.41) is 10.9. The third-order valence-electron chi connectivity index (χ3n) is 4.12. The van der Waals surface area contributed by atoms with Crippen LogP contribution in [0.25, 0.3) is 0 Å². The van der Waals surface area contributed by atoms with E-state index in [0.717, 1.165) is 0 Å². The van der Waals surface area contributed by atoms with Gasteiger partial charge in [0.2, 0.25) is 5.91 Å². The molecule has 0 saturated carbocycles. The van der Waals surface area contributed by atoms with Crippen LogP contribution < -0.4 is 0 Å². The Morgan fingerprint density at radius 1 is 1.48 bits per heavy atom. The Morgan fingerprint density at radius 2 is 2.17 bits per heavy atom. The highest BCUT2D eigenvalue weighted by Crippen LogP contribution is 2.26. The number of likely N-dealkylation sites (N-methyl/N-ethyl adjacent to an activating group) is 1. The molecule has 1 saturated heterocycles. The molecule has 7 heteroatoms. The molecule has 126 valence electrons. The van der Waals surface area contributed by atoms with Crippen LogP contribution >= 0.6 is 11.6 Å². The predicted octanol–water partition coefficient (Wildman–Crippen LogP) is 1.81. The molecule has 0 radical (unpaired) electrons. The van der Waals surface area contributed by atoms with Gasteiger partial charge in [-0.05, 0) is 25.0 Å². The molecule has 1 aliphatic rings. The van der Waals surface area contributed by atoms with Gasteiger partial charge in [0.25, 0.3) is 5.91 Å². The summed E-state index contributed by atoms with van der Waals surface area (Å²) in [6, 6.07) is 4.31. The van der Waals surface area contributed by atoms with E-state index in [0.29, 0.717) is 13.0 Å². The number of carbonyl (C=O) groups is 2. The quantitative estimate of drug-likeness (QED) is 0.911. The lowest BCUT2D eigenvalue weighted by atomic mass is 9.91. The first-order chi connectivity index (χ1) is 10.7. The number of amides is 2. The molecule has 2 rings (SSSR count). The van der Waals surface area contributed by atoms with Crippen molar-refractivity contribution in [1.82, 2.24) is 9.80 Å². The van der Waals surface area contributed by atoms with E-state index in [1.807, 2.05) is 0 Å². The minimum absolute atomic E-state index is 0.0451. The van der Waals surface area contributed by atoms with Gasteiger partial charge < -0.3 is 14.9 Å². The number of likely N-dealkylation sites (tertiary alicyclic amines) is 1. The first-order valence-electron chi connectivity index (χ1n) is 7.41. The smallest absolute Gasteiger partial charge is 0.256 e. The molecule has 23 heavy (non-hydrogen) atoms. The summed E-state index contributed by atoms with van der Waals surface area (Å²) in [6.45, 7) is 1.83. The highest BCUT2D eigenvalue weighted by Gasteiger charge is 2.42. The molecule has 1 heterocycles. The number of nitrogens with zero attached hydrogens (tertiary/aromatic N) is 2. The van der Waals surface area contributed by atoms with Gasteiger partial charge in [0.05, 0.1) is 6.54 Å². The minimum Gasteiger partial charge on any atom is -0.378 e.